The van der Waals surface area contributed by atoms with Crippen molar-refractivity contribution in [3.8, 4) is 0 Å². The number of carbonyl (C=O) groups excluding carboxylic acids is 1. The molecule has 0 unspecified atom stereocenters. The second kappa shape index (κ2) is 6.12. The van der Waals surface area contributed by atoms with E-state index in [-0.39, 0.29) is 11.7 Å². The van der Waals surface area contributed by atoms with Crippen molar-refractivity contribution < 1.29 is 9.53 Å². The van der Waals surface area contributed by atoms with Gasteiger partial charge >= 0.3 is 0 Å². The summed E-state index contributed by atoms with van der Waals surface area (Å²) in [6.45, 7) is 0. The standard InChI is InChI=1S/C17H18ClNO2/c1-21-14-6-2-11(3-7-14)17(20)13-4-8-15-12(10-13)5-9-16(18)19-15/h4-5,8-11,14H,2-3,6-7H2,1H3. The topological polar surface area (TPSA) is 39.2 Å². The molecule has 4 heteroatoms. The molecule has 0 N–H and O–H groups in total. The van der Waals surface area contributed by atoms with Crippen LogP contribution in [-0.2, 0) is 4.74 Å². The van der Waals surface area contributed by atoms with Crippen LogP contribution in [0.15, 0.2) is 30.3 Å². The zero-order valence-electron chi connectivity index (χ0n) is 12.0. The zero-order chi connectivity index (χ0) is 14.8. The lowest BCUT2D eigenvalue weighted by atomic mass is 9.82. The molecule has 1 saturated carbocycles. The molecular formula is C17H18ClNO2. The van der Waals surface area contributed by atoms with E-state index < -0.39 is 0 Å². The van der Waals surface area contributed by atoms with Crippen molar-refractivity contribution in [3.63, 3.8) is 0 Å². The molecule has 0 spiro atoms. The fourth-order valence-corrected chi connectivity index (χ4v) is 3.20. The second-order valence-electron chi connectivity index (χ2n) is 5.62. The summed E-state index contributed by atoms with van der Waals surface area (Å²) < 4.78 is 5.36. The number of pyridine rings is 1. The lowest BCUT2D eigenvalue weighted by Crippen LogP contribution is -2.25. The Bertz CT molecular complexity index is 663. The van der Waals surface area contributed by atoms with E-state index in [1.54, 1.807) is 13.2 Å². The SMILES string of the molecule is COC1CCC(C(=O)c2ccc3nc(Cl)ccc3c2)CC1. The van der Waals surface area contributed by atoms with Gasteiger partial charge in [-0.25, -0.2) is 4.98 Å². The number of ether oxygens (including phenoxy) is 1. The first-order valence-corrected chi connectivity index (χ1v) is 7.68. The molecule has 1 aromatic heterocycles. The van der Waals surface area contributed by atoms with E-state index in [1.807, 2.05) is 24.3 Å². The number of benzene rings is 1. The van der Waals surface area contributed by atoms with Crippen molar-refractivity contribution in [1.29, 1.82) is 0 Å². The highest BCUT2D eigenvalue weighted by atomic mass is 35.5. The number of hydrogen-bond acceptors (Lipinski definition) is 3. The summed E-state index contributed by atoms with van der Waals surface area (Å²) in [6, 6.07) is 9.31. The summed E-state index contributed by atoms with van der Waals surface area (Å²) >= 11 is 5.88. The molecule has 2 aromatic rings. The molecule has 0 saturated heterocycles. The monoisotopic (exact) mass is 303 g/mol. The molecule has 21 heavy (non-hydrogen) atoms. The van der Waals surface area contributed by atoms with Crippen LogP contribution in [0.3, 0.4) is 0 Å². The summed E-state index contributed by atoms with van der Waals surface area (Å²) in [5, 5.41) is 1.43. The average Bonchev–Trinajstić information content (AvgIpc) is 2.53. The van der Waals surface area contributed by atoms with Crippen LogP contribution in [0.1, 0.15) is 36.0 Å². The van der Waals surface area contributed by atoms with E-state index in [1.165, 1.54) is 0 Å². The molecule has 1 heterocycles. The Labute approximate surface area is 129 Å². The molecule has 0 radical (unpaired) electrons. The Morgan fingerprint density at radius 2 is 1.95 bits per heavy atom. The van der Waals surface area contributed by atoms with Crippen LogP contribution in [0, 0.1) is 5.92 Å². The average molecular weight is 304 g/mol. The smallest absolute Gasteiger partial charge is 0.165 e. The molecule has 1 fully saturated rings. The minimum absolute atomic E-state index is 0.120. The van der Waals surface area contributed by atoms with Crippen LogP contribution >= 0.6 is 11.6 Å². The molecule has 0 amide bonds. The van der Waals surface area contributed by atoms with Gasteiger partial charge in [-0.05, 0) is 56.0 Å². The fraction of sp³-hybridized carbons (Fsp3) is 0.412. The Morgan fingerprint density at radius 1 is 1.19 bits per heavy atom. The van der Waals surface area contributed by atoms with E-state index in [0.29, 0.717) is 11.3 Å². The predicted octanol–water partition coefficient (Wildman–Crippen LogP) is 4.28. The van der Waals surface area contributed by atoms with E-state index in [0.717, 1.165) is 42.1 Å². The van der Waals surface area contributed by atoms with Gasteiger partial charge in [-0.3, -0.25) is 4.79 Å². The quantitative estimate of drug-likeness (QED) is 0.627. The maximum Gasteiger partial charge on any atom is 0.165 e. The van der Waals surface area contributed by atoms with E-state index in [9.17, 15) is 4.79 Å². The van der Waals surface area contributed by atoms with Crippen LogP contribution in [0.25, 0.3) is 10.9 Å². The van der Waals surface area contributed by atoms with E-state index in [2.05, 4.69) is 4.98 Å². The minimum atomic E-state index is 0.120. The lowest BCUT2D eigenvalue weighted by molar-refractivity contribution is 0.0519. The van der Waals surface area contributed by atoms with Gasteiger partial charge in [0.1, 0.15) is 5.15 Å². The van der Waals surface area contributed by atoms with Gasteiger partial charge in [0, 0.05) is 24.0 Å². The number of halogens is 1. The number of fused-ring (bicyclic) bond motifs is 1. The summed E-state index contributed by atoms with van der Waals surface area (Å²) in [5.74, 6) is 0.357. The van der Waals surface area contributed by atoms with E-state index >= 15 is 0 Å². The first-order valence-electron chi connectivity index (χ1n) is 7.30. The zero-order valence-corrected chi connectivity index (χ0v) is 12.8. The third-order valence-corrected chi connectivity index (χ3v) is 4.53. The Balaban J connectivity index is 1.80. The largest absolute Gasteiger partial charge is 0.381 e. The molecular weight excluding hydrogens is 286 g/mol. The van der Waals surface area contributed by atoms with Crippen molar-refractivity contribution >= 4 is 28.3 Å². The second-order valence-corrected chi connectivity index (χ2v) is 6.00. The van der Waals surface area contributed by atoms with Crippen LogP contribution in [0.5, 0.6) is 0 Å². The summed E-state index contributed by atoms with van der Waals surface area (Å²) in [5.41, 5.74) is 1.59. The summed E-state index contributed by atoms with van der Waals surface area (Å²) in [7, 11) is 1.74. The van der Waals surface area contributed by atoms with Crippen LogP contribution in [0.2, 0.25) is 5.15 Å². The Hall–Kier alpha value is -1.45. The Morgan fingerprint density at radius 3 is 2.67 bits per heavy atom. The molecule has 110 valence electrons. The van der Waals surface area contributed by atoms with Gasteiger partial charge < -0.3 is 4.74 Å². The maximum absolute atomic E-state index is 12.6. The molecule has 0 atom stereocenters. The van der Waals surface area contributed by atoms with Gasteiger partial charge in [0.2, 0.25) is 0 Å². The van der Waals surface area contributed by atoms with Gasteiger partial charge in [-0.15, -0.1) is 0 Å². The first kappa shape index (κ1) is 14.5. The van der Waals surface area contributed by atoms with Gasteiger partial charge in [-0.2, -0.15) is 0 Å². The van der Waals surface area contributed by atoms with Gasteiger partial charge in [0.15, 0.2) is 5.78 Å². The van der Waals surface area contributed by atoms with Crippen LogP contribution < -0.4 is 0 Å². The third kappa shape index (κ3) is 3.09. The molecule has 1 aliphatic rings. The molecule has 0 bridgehead atoms. The number of ketones is 1. The molecule has 3 rings (SSSR count). The number of nitrogens with zero attached hydrogens (tertiary/aromatic N) is 1. The van der Waals surface area contributed by atoms with E-state index in [4.69, 9.17) is 16.3 Å². The number of rotatable bonds is 3. The highest BCUT2D eigenvalue weighted by molar-refractivity contribution is 6.29. The Kier molecular flexibility index (Phi) is 4.22. The highest BCUT2D eigenvalue weighted by Gasteiger charge is 2.26. The molecule has 1 aromatic carbocycles. The number of aromatic nitrogens is 1. The molecule has 3 nitrogen and oxygen atoms in total. The maximum atomic E-state index is 12.6. The predicted molar refractivity (Wildman–Crippen MR) is 83.8 cm³/mol. The normalized spacial score (nSPS) is 22.4. The fourth-order valence-electron chi connectivity index (χ4n) is 3.05. The number of carbonyl (C=O) groups is 1. The van der Waals surface area contributed by atoms with Crippen molar-refractivity contribution in [2.75, 3.05) is 7.11 Å². The van der Waals surface area contributed by atoms with Crippen molar-refractivity contribution in [1.82, 2.24) is 4.98 Å². The number of hydrogen-bond donors (Lipinski definition) is 0. The van der Waals surface area contributed by atoms with Crippen LogP contribution in [0.4, 0.5) is 0 Å². The van der Waals surface area contributed by atoms with Crippen LogP contribution in [-0.4, -0.2) is 24.0 Å². The minimum Gasteiger partial charge on any atom is -0.381 e. The molecule has 1 aliphatic carbocycles. The summed E-state index contributed by atoms with van der Waals surface area (Å²) in [6.07, 6.45) is 4.08. The van der Waals surface area contributed by atoms with Gasteiger partial charge in [-0.1, -0.05) is 11.6 Å². The number of methoxy groups -OCH3 is 1. The van der Waals surface area contributed by atoms with Crippen molar-refractivity contribution in [2.45, 2.75) is 31.8 Å². The van der Waals surface area contributed by atoms with Crippen molar-refractivity contribution in [2.24, 2.45) is 5.92 Å². The summed E-state index contributed by atoms with van der Waals surface area (Å²) in [4.78, 5) is 16.9. The lowest BCUT2D eigenvalue weighted by Gasteiger charge is -2.26. The van der Waals surface area contributed by atoms with Crippen molar-refractivity contribution in [3.05, 3.63) is 41.0 Å². The highest BCUT2D eigenvalue weighted by Crippen LogP contribution is 2.29. The van der Waals surface area contributed by atoms with Gasteiger partial charge in [0.25, 0.3) is 0 Å². The molecule has 0 aliphatic heterocycles. The third-order valence-electron chi connectivity index (χ3n) is 4.32. The van der Waals surface area contributed by atoms with Gasteiger partial charge in [0.05, 0.1) is 11.6 Å². The number of Topliss-reactive ketones (excluding diaryl/α,β-unsaturated/α-hetero) is 1. The first-order chi connectivity index (χ1) is 10.2.